The average molecular weight is 317 g/mol. The van der Waals surface area contributed by atoms with Crippen LogP contribution in [0.15, 0.2) is 78.9 Å². The monoisotopic (exact) mass is 317 g/mol. The lowest BCUT2D eigenvalue weighted by Gasteiger charge is -2.33. The van der Waals surface area contributed by atoms with Gasteiger partial charge in [-0.15, -0.1) is 0 Å². The summed E-state index contributed by atoms with van der Waals surface area (Å²) in [6, 6.07) is 26.5. The number of nitrogens with one attached hydrogen (secondary N) is 1. The van der Waals surface area contributed by atoms with Crippen LogP contribution in [-0.2, 0) is 12.1 Å². The molecule has 3 aromatic carbocycles. The number of hydrogen-bond acceptors (Lipinski definition) is 2. The van der Waals surface area contributed by atoms with Gasteiger partial charge in [0.15, 0.2) is 0 Å². The first-order valence-corrected chi connectivity index (χ1v) is 8.23. The lowest BCUT2D eigenvalue weighted by atomic mass is 9.84. The SMILES string of the molecule is Cc1ccc([C@](C)(NCc2ccc(O)cc2)c2ccccc2)cc1. The molecule has 0 aromatic heterocycles. The Bertz CT molecular complexity index is 778. The van der Waals surface area contributed by atoms with Crippen LogP contribution < -0.4 is 5.32 Å². The Hall–Kier alpha value is -2.58. The molecule has 0 aliphatic rings. The van der Waals surface area contributed by atoms with Gasteiger partial charge in [-0.3, -0.25) is 5.32 Å². The van der Waals surface area contributed by atoms with E-state index in [0.717, 1.165) is 12.1 Å². The van der Waals surface area contributed by atoms with Crippen molar-refractivity contribution in [1.82, 2.24) is 5.32 Å². The fourth-order valence-corrected chi connectivity index (χ4v) is 2.92. The summed E-state index contributed by atoms with van der Waals surface area (Å²) in [6.07, 6.45) is 0. The van der Waals surface area contributed by atoms with Gasteiger partial charge in [0.25, 0.3) is 0 Å². The van der Waals surface area contributed by atoms with E-state index in [2.05, 4.69) is 67.7 Å². The smallest absolute Gasteiger partial charge is 0.115 e. The molecule has 0 unspecified atom stereocenters. The fraction of sp³-hybridized carbons (Fsp3) is 0.182. The van der Waals surface area contributed by atoms with Crippen molar-refractivity contribution in [2.24, 2.45) is 0 Å². The number of phenolic OH excluding ortho intramolecular Hbond substituents is 1. The van der Waals surface area contributed by atoms with Gasteiger partial charge in [-0.1, -0.05) is 72.3 Å². The second-order valence-electron chi connectivity index (χ2n) is 6.38. The molecule has 0 saturated heterocycles. The van der Waals surface area contributed by atoms with Gasteiger partial charge in [0, 0.05) is 6.54 Å². The van der Waals surface area contributed by atoms with Crippen molar-refractivity contribution in [2.75, 3.05) is 0 Å². The Morgan fingerprint density at radius 3 is 2.00 bits per heavy atom. The van der Waals surface area contributed by atoms with E-state index in [1.807, 2.05) is 18.2 Å². The molecule has 2 nitrogen and oxygen atoms in total. The van der Waals surface area contributed by atoms with Gasteiger partial charge in [0.2, 0.25) is 0 Å². The zero-order valence-electron chi connectivity index (χ0n) is 14.2. The van der Waals surface area contributed by atoms with Crippen LogP contribution in [0.1, 0.15) is 29.2 Å². The molecule has 0 aliphatic heterocycles. The van der Waals surface area contributed by atoms with E-state index in [1.165, 1.54) is 16.7 Å². The Morgan fingerprint density at radius 2 is 1.38 bits per heavy atom. The molecule has 0 bridgehead atoms. The Kier molecular flexibility index (Phi) is 4.68. The van der Waals surface area contributed by atoms with Crippen LogP contribution in [0.3, 0.4) is 0 Å². The zero-order valence-corrected chi connectivity index (χ0v) is 14.2. The van der Waals surface area contributed by atoms with Gasteiger partial charge in [0.05, 0.1) is 5.54 Å². The fourth-order valence-electron chi connectivity index (χ4n) is 2.92. The Morgan fingerprint density at radius 1 is 0.792 bits per heavy atom. The third kappa shape index (κ3) is 3.50. The molecule has 122 valence electrons. The molecule has 3 rings (SSSR count). The van der Waals surface area contributed by atoms with Crippen LogP contribution in [0.2, 0.25) is 0 Å². The predicted molar refractivity (Wildman–Crippen MR) is 99.0 cm³/mol. The molecule has 2 N–H and O–H groups in total. The Labute approximate surface area is 143 Å². The molecule has 2 heteroatoms. The zero-order chi connectivity index (χ0) is 17.0. The average Bonchev–Trinajstić information content (AvgIpc) is 2.62. The molecule has 0 spiro atoms. The quantitative estimate of drug-likeness (QED) is 0.711. The van der Waals surface area contributed by atoms with Crippen molar-refractivity contribution in [2.45, 2.75) is 25.9 Å². The molecule has 0 heterocycles. The minimum atomic E-state index is -0.285. The summed E-state index contributed by atoms with van der Waals surface area (Å²) in [5.74, 6) is 0.295. The molecule has 0 amide bonds. The van der Waals surface area contributed by atoms with E-state index in [9.17, 15) is 5.11 Å². The standard InChI is InChI=1S/C22H23NO/c1-17-8-12-20(13-9-17)22(2,19-6-4-3-5-7-19)23-16-18-10-14-21(24)15-11-18/h3-15,23-24H,16H2,1-2H3/t22-/m1/s1. The summed E-state index contributed by atoms with van der Waals surface area (Å²) in [6.45, 7) is 5.04. The number of aromatic hydroxyl groups is 1. The predicted octanol–water partition coefficient (Wildman–Crippen LogP) is 4.75. The molecule has 0 fully saturated rings. The number of aryl methyl sites for hydroxylation is 1. The molecular formula is C22H23NO. The van der Waals surface area contributed by atoms with Crippen LogP contribution in [0, 0.1) is 6.92 Å². The second kappa shape index (κ2) is 6.90. The van der Waals surface area contributed by atoms with E-state index in [-0.39, 0.29) is 5.54 Å². The van der Waals surface area contributed by atoms with Gasteiger partial charge in [0.1, 0.15) is 5.75 Å². The minimum Gasteiger partial charge on any atom is -0.508 e. The summed E-state index contributed by atoms with van der Waals surface area (Å²) in [5.41, 5.74) is 4.58. The summed E-state index contributed by atoms with van der Waals surface area (Å²) < 4.78 is 0. The van der Waals surface area contributed by atoms with Gasteiger partial charge in [-0.05, 0) is 42.7 Å². The summed E-state index contributed by atoms with van der Waals surface area (Å²) in [7, 11) is 0. The third-order valence-electron chi connectivity index (χ3n) is 4.56. The molecule has 24 heavy (non-hydrogen) atoms. The highest BCUT2D eigenvalue weighted by molar-refractivity contribution is 5.39. The lowest BCUT2D eigenvalue weighted by Crippen LogP contribution is -2.40. The number of phenols is 1. The molecule has 0 radical (unpaired) electrons. The molecule has 1 atom stereocenters. The topological polar surface area (TPSA) is 32.3 Å². The lowest BCUT2D eigenvalue weighted by molar-refractivity contribution is 0.435. The number of hydrogen-bond donors (Lipinski definition) is 2. The van der Waals surface area contributed by atoms with Gasteiger partial charge in [-0.2, -0.15) is 0 Å². The van der Waals surface area contributed by atoms with Crippen molar-refractivity contribution in [3.63, 3.8) is 0 Å². The normalized spacial score (nSPS) is 13.4. The van der Waals surface area contributed by atoms with Crippen molar-refractivity contribution in [3.8, 4) is 5.75 Å². The van der Waals surface area contributed by atoms with Crippen LogP contribution in [0.4, 0.5) is 0 Å². The van der Waals surface area contributed by atoms with Crippen molar-refractivity contribution >= 4 is 0 Å². The van der Waals surface area contributed by atoms with Crippen LogP contribution in [0.5, 0.6) is 5.75 Å². The highest BCUT2D eigenvalue weighted by Crippen LogP contribution is 2.30. The number of benzene rings is 3. The minimum absolute atomic E-state index is 0.285. The van der Waals surface area contributed by atoms with E-state index >= 15 is 0 Å². The summed E-state index contributed by atoms with van der Waals surface area (Å²) in [4.78, 5) is 0. The first kappa shape index (κ1) is 16.3. The van der Waals surface area contributed by atoms with Crippen LogP contribution >= 0.6 is 0 Å². The molecule has 0 aliphatic carbocycles. The van der Waals surface area contributed by atoms with Crippen LogP contribution in [0.25, 0.3) is 0 Å². The maximum absolute atomic E-state index is 9.45. The largest absolute Gasteiger partial charge is 0.508 e. The maximum atomic E-state index is 9.45. The summed E-state index contributed by atoms with van der Waals surface area (Å²) in [5, 5.41) is 13.1. The van der Waals surface area contributed by atoms with Crippen molar-refractivity contribution < 1.29 is 5.11 Å². The van der Waals surface area contributed by atoms with E-state index in [1.54, 1.807) is 12.1 Å². The third-order valence-corrected chi connectivity index (χ3v) is 4.56. The molecule has 0 saturated carbocycles. The van der Waals surface area contributed by atoms with E-state index in [0.29, 0.717) is 5.75 Å². The first-order chi connectivity index (χ1) is 11.6. The Balaban J connectivity index is 1.93. The molecular weight excluding hydrogens is 294 g/mol. The van der Waals surface area contributed by atoms with Crippen molar-refractivity contribution in [3.05, 3.63) is 101 Å². The highest BCUT2D eigenvalue weighted by atomic mass is 16.3. The van der Waals surface area contributed by atoms with Crippen molar-refractivity contribution in [1.29, 1.82) is 0 Å². The van der Waals surface area contributed by atoms with E-state index < -0.39 is 0 Å². The number of rotatable bonds is 5. The van der Waals surface area contributed by atoms with Crippen LogP contribution in [-0.4, -0.2) is 5.11 Å². The highest BCUT2D eigenvalue weighted by Gasteiger charge is 2.28. The summed E-state index contributed by atoms with van der Waals surface area (Å²) >= 11 is 0. The second-order valence-corrected chi connectivity index (χ2v) is 6.38. The molecule has 3 aromatic rings. The van der Waals surface area contributed by atoms with E-state index in [4.69, 9.17) is 0 Å². The first-order valence-electron chi connectivity index (χ1n) is 8.23. The van der Waals surface area contributed by atoms with Gasteiger partial charge in [-0.25, -0.2) is 0 Å². The van der Waals surface area contributed by atoms with Gasteiger partial charge >= 0.3 is 0 Å². The van der Waals surface area contributed by atoms with Gasteiger partial charge < -0.3 is 5.11 Å². The maximum Gasteiger partial charge on any atom is 0.115 e.